The maximum atomic E-state index is 12.5. The van der Waals surface area contributed by atoms with Gasteiger partial charge < -0.3 is 9.64 Å². The molecule has 0 bridgehead atoms. The third-order valence-electron chi connectivity index (χ3n) is 4.26. The summed E-state index contributed by atoms with van der Waals surface area (Å²) in [5.41, 5.74) is 3.31. The first kappa shape index (κ1) is 15.4. The number of benzene rings is 1. The second-order valence-electron chi connectivity index (χ2n) is 5.70. The molecule has 2 heterocycles. The van der Waals surface area contributed by atoms with Crippen molar-refractivity contribution >= 4 is 11.8 Å². The molecular weight excluding hydrogens is 292 g/mol. The summed E-state index contributed by atoms with van der Waals surface area (Å²) in [6.45, 7) is 3.32. The molecule has 1 aliphatic heterocycles. The van der Waals surface area contributed by atoms with E-state index in [2.05, 4.69) is 16.5 Å². The number of carbonyl (C=O) groups excluding carboxylic acids is 1. The van der Waals surface area contributed by atoms with Crippen molar-refractivity contribution < 1.29 is 9.53 Å². The number of amides is 2. The lowest BCUT2D eigenvalue weighted by Crippen LogP contribution is -2.39. The largest absolute Gasteiger partial charge is 0.496 e. The summed E-state index contributed by atoms with van der Waals surface area (Å²) in [5.74, 6) is 1.63. The van der Waals surface area contributed by atoms with Crippen LogP contribution in [-0.4, -0.2) is 34.4 Å². The topological polar surface area (TPSA) is 59.4 Å². The molecule has 0 saturated heterocycles. The van der Waals surface area contributed by atoms with E-state index >= 15 is 0 Å². The van der Waals surface area contributed by atoms with Crippen LogP contribution >= 0.6 is 0 Å². The first-order valence-electron chi connectivity index (χ1n) is 7.86. The highest BCUT2D eigenvalue weighted by atomic mass is 16.5. The Morgan fingerprint density at radius 2 is 2.26 bits per heavy atom. The van der Waals surface area contributed by atoms with Crippen LogP contribution in [0.4, 0.5) is 10.6 Å². The average molecular weight is 314 g/mol. The number of carbonyl (C=O) groups is 1. The number of nitrogens with one attached hydrogen (secondary N) is 1. The number of hydrogen-bond acceptors (Lipinski definition) is 3. The Labute approximate surface area is 136 Å². The van der Waals surface area contributed by atoms with Crippen LogP contribution in [0.25, 0.3) is 0 Å². The lowest BCUT2D eigenvalue weighted by molar-refractivity contribution is 0.205. The van der Waals surface area contributed by atoms with Crippen molar-refractivity contribution in [2.75, 3.05) is 19.0 Å². The van der Waals surface area contributed by atoms with Gasteiger partial charge in [0.1, 0.15) is 11.6 Å². The van der Waals surface area contributed by atoms with Crippen LogP contribution in [0.5, 0.6) is 5.75 Å². The van der Waals surface area contributed by atoms with Crippen molar-refractivity contribution in [1.82, 2.24) is 14.7 Å². The molecule has 1 aromatic heterocycles. The zero-order valence-corrected chi connectivity index (χ0v) is 13.8. The molecular formula is C17H22N4O2. The van der Waals surface area contributed by atoms with Crippen LogP contribution in [0.15, 0.2) is 24.3 Å². The number of fused-ring (bicyclic) bond motifs is 1. The van der Waals surface area contributed by atoms with Crippen molar-refractivity contribution in [3.05, 3.63) is 41.1 Å². The second-order valence-corrected chi connectivity index (χ2v) is 5.70. The normalized spacial score (nSPS) is 13.6. The fourth-order valence-electron chi connectivity index (χ4n) is 2.94. The molecule has 1 aliphatic rings. The minimum Gasteiger partial charge on any atom is -0.496 e. The SMILES string of the molecule is CCc1cc(NC(=O)N2CCc3c(cccc3OC)C2)n(C)n1. The molecule has 1 N–H and O–H groups in total. The monoisotopic (exact) mass is 314 g/mol. The summed E-state index contributed by atoms with van der Waals surface area (Å²) >= 11 is 0. The van der Waals surface area contributed by atoms with Gasteiger partial charge in [0.05, 0.1) is 12.8 Å². The number of aryl methyl sites for hydroxylation is 2. The molecule has 122 valence electrons. The van der Waals surface area contributed by atoms with Gasteiger partial charge in [-0.05, 0) is 24.5 Å². The molecule has 6 heteroatoms. The van der Waals surface area contributed by atoms with Crippen LogP contribution in [0, 0.1) is 0 Å². The Bertz CT molecular complexity index is 723. The molecule has 0 fully saturated rings. The zero-order valence-electron chi connectivity index (χ0n) is 13.8. The number of rotatable bonds is 3. The fraction of sp³-hybridized carbons (Fsp3) is 0.412. The number of nitrogens with zero attached hydrogens (tertiary/aromatic N) is 3. The van der Waals surface area contributed by atoms with Gasteiger partial charge in [-0.3, -0.25) is 10.00 Å². The highest BCUT2D eigenvalue weighted by Crippen LogP contribution is 2.28. The number of aromatic nitrogens is 2. The lowest BCUT2D eigenvalue weighted by Gasteiger charge is -2.29. The molecule has 6 nitrogen and oxygen atoms in total. The van der Waals surface area contributed by atoms with Gasteiger partial charge in [0.15, 0.2) is 0 Å². The van der Waals surface area contributed by atoms with Gasteiger partial charge in [0.25, 0.3) is 0 Å². The van der Waals surface area contributed by atoms with Crippen LogP contribution in [0.3, 0.4) is 0 Å². The molecule has 0 radical (unpaired) electrons. The second kappa shape index (κ2) is 6.32. The first-order valence-corrected chi connectivity index (χ1v) is 7.86. The molecule has 0 spiro atoms. The smallest absolute Gasteiger partial charge is 0.323 e. The van der Waals surface area contributed by atoms with Gasteiger partial charge in [-0.15, -0.1) is 0 Å². The maximum Gasteiger partial charge on any atom is 0.323 e. The number of ether oxygens (including phenoxy) is 1. The van der Waals surface area contributed by atoms with E-state index in [0.29, 0.717) is 13.1 Å². The number of anilines is 1. The molecule has 23 heavy (non-hydrogen) atoms. The molecule has 2 amide bonds. The van der Waals surface area contributed by atoms with Crippen LogP contribution < -0.4 is 10.1 Å². The van der Waals surface area contributed by atoms with Gasteiger partial charge in [0, 0.05) is 31.8 Å². The minimum atomic E-state index is -0.0934. The van der Waals surface area contributed by atoms with Crippen molar-refractivity contribution in [3.8, 4) is 5.75 Å². The molecule has 3 rings (SSSR count). The summed E-state index contributed by atoms with van der Waals surface area (Å²) in [7, 11) is 3.52. The van der Waals surface area contributed by atoms with E-state index in [-0.39, 0.29) is 6.03 Å². The van der Waals surface area contributed by atoms with Crippen molar-refractivity contribution in [2.24, 2.45) is 7.05 Å². The van der Waals surface area contributed by atoms with E-state index in [1.807, 2.05) is 37.1 Å². The Morgan fingerprint density at radius 3 is 2.96 bits per heavy atom. The Morgan fingerprint density at radius 1 is 1.43 bits per heavy atom. The third-order valence-corrected chi connectivity index (χ3v) is 4.26. The highest BCUT2D eigenvalue weighted by molar-refractivity contribution is 5.88. The number of urea groups is 1. The Kier molecular flexibility index (Phi) is 4.23. The first-order chi connectivity index (χ1) is 11.1. The van der Waals surface area contributed by atoms with Gasteiger partial charge >= 0.3 is 6.03 Å². The summed E-state index contributed by atoms with van der Waals surface area (Å²) in [6.07, 6.45) is 1.65. The quantitative estimate of drug-likeness (QED) is 0.947. The van der Waals surface area contributed by atoms with Gasteiger partial charge in [-0.1, -0.05) is 19.1 Å². The van der Waals surface area contributed by atoms with Gasteiger partial charge in [-0.25, -0.2) is 4.79 Å². The van der Waals surface area contributed by atoms with E-state index in [4.69, 9.17) is 4.74 Å². The van der Waals surface area contributed by atoms with E-state index < -0.39 is 0 Å². The van der Waals surface area contributed by atoms with E-state index in [9.17, 15) is 4.79 Å². The van der Waals surface area contributed by atoms with Crippen molar-refractivity contribution in [3.63, 3.8) is 0 Å². The summed E-state index contributed by atoms with van der Waals surface area (Å²) in [5, 5.41) is 7.30. The van der Waals surface area contributed by atoms with E-state index in [0.717, 1.165) is 35.7 Å². The van der Waals surface area contributed by atoms with E-state index in [1.54, 1.807) is 11.8 Å². The summed E-state index contributed by atoms with van der Waals surface area (Å²) in [6, 6.07) is 7.81. The molecule has 0 aliphatic carbocycles. The third kappa shape index (κ3) is 3.02. The van der Waals surface area contributed by atoms with Crippen molar-refractivity contribution in [1.29, 1.82) is 0 Å². The maximum absolute atomic E-state index is 12.5. The average Bonchev–Trinajstić information content (AvgIpc) is 2.93. The predicted octanol–water partition coefficient (Wildman–Crippen LogP) is 2.58. The van der Waals surface area contributed by atoms with Crippen LogP contribution in [0.1, 0.15) is 23.7 Å². The zero-order chi connectivity index (χ0) is 16.4. The summed E-state index contributed by atoms with van der Waals surface area (Å²) < 4.78 is 7.11. The number of methoxy groups -OCH3 is 1. The molecule has 0 atom stereocenters. The minimum absolute atomic E-state index is 0.0934. The Hall–Kier alpha value is -2.50. The standard InChI is InChI=1S/C17H22N4O2/c1-4-13-10-16(20(2)19-13)18-17(22)21-9-8-14-12(11-21)6-5-7-15(14)23-3/h5-7,10H,4,8-9,11H2,1-3H3,(H,18,22). The molecule has 0 unspecified atom stereocenters. The predicted molar refractivity (Wildman–Crippen MR) is 88.7 cm³/mol. The van der Waals surface area contributed by atoms with Gasteiger partial charge in [0.2, 0.25) is 0 Å². The lowest BCUT2D eigenvalue weighted by atomic mass is 9.99. The molecule has 1 aromatic carbocycles. The Balaban J connectivity index is 1.73. The fourth-order valence-corrected chi connectivity index (χ4v) is 2.94. The highest BCUT2D eigenvalue weighted by Gasteiger charge is 2.23. The van der Waals surface area contributed by atoms with Crippen LogP contribution in [0.2, 0.25) is 0 Å². The summed E-state index contributed by atoms with van der Waals surface area (Å²) in [4.78, 5) is 14.3. The van der Waals surface area contributed by atoms with Gasteiger partial charge in [-0.2, -0.15) is 5.10 Å². The molecule has 2 aromatic rings. The van der Waals surface area contributed by atoms with Crippen molar-refractivity contribution in [2.45, 2.75) is 26.3 Å². The van der Waals surface area contributed by atoms with Crippen LogP contribution in [-0.2, 0) is 26.4 Å². The van der Waals surface area contributed by atoms with E-state index in [1.165, 1.54) is 5.56 Å². The number of hydrogen-bond donors (Lipinski definition) is 1. The molecule has 0 saturated carbocycles.